The first kappa shape index (κ1) is 10.3. The predicted octanol–water partition coefficient (Wildman–Crippen LogP) is 2.72. The summed E-state index contributed by atoms with van der Waals surface area (Å²) in [5.74, 6) is 0.0473. The van der Waals surface area contributed by atoms with E-state index in [2.05, 4.69) is 5.32 Å². The first-order valence-corrected chi connectivity index (χ1v) is 5.55. The van der Waals surface area contributed by atoms with Crippen molar-refractivity contribution < 1.29 is 9.50 Å². The Balaban J connectivity index is 2.06. The third-order valence-corrected chi connectivity index (χ3v) is 3.15. The van der Waals surface area contributed by atoms with Crippen LogP contribution in [0.3, 0.4) is 0 Å². The van der Waals surface area contributed by atoms with Crippen LogP contribution in [0.5, 0.6) is 5.75 Å². The van der Waals surface area contributed by atoms with Gasteiger partial charge in [-0.3, -0.25) is 0 Å². The third-order valence-electron chi connectivity index (χ3n) is 3.15. The van der Waals surface area contributed by atoms with E-state index >= 15 is 0 Å². The highest BCUT2D eigenvalue weighted by Gasteiger charge is 2.26. The van der Waals surface area contributed by atoms with Crippen LogP contribution in [0.2, 0.25) is 0 Å². The van der Waals surface area contributed by atoms with E-state index in [1.54, 1.807) is 18.2 Å². The van der Waals surface area contributed by atoms with Gasteiger partial charge in [-0.2, -0.15) is 0 Å². The largest absolute Gasteiger partial charge is 0.508 e. The average molecular weight is 229 g/mol. The van der Waals surface area contributed by atoms with E-state index in [9.17, 15) is 9.50 Å². The first-order chi connectivity index (χ1) is 8.25. The molecule has 2 aromatic rings. The molecule has 0 aliphatic carbocycles. The van der Waals surface area contributed by atoms with E-state index in [-0.39, 0.29) is 17.6 Å². The summed E-state index contributed by atoms with van der Waals surface area (Å²) in [5.41, 5.74) is 2.69. The molecule has 1 atom stereocenters. The van der Waals surface area contributed by atoms with Gasteiger partial charge in [-0.15, -0.1) is 0 Å². The molecule has 2 N–H and O–H groups in total. The fraction of sp³-hybridized carbons (Fsp3) is 0.143. The van der Waals surface area contributed by atoms with E-state index in [4.69, 9.17) is 0 Å². The maximum Gasteiger partial charge on any atom is 0.128 e. The molecule has 2 aromatic carbocycles. The second-order valence-electron chi connectivity index (χ2n) is 4.22. The SMILES string of the molecule is Oc1ccc(C2NCc3cccc(F)c32)cc1. The Hall–Kier alpha value is -1.87. The molecule has 0 saturated heterocycles. The zero-order chi connectivity index (χ0) is 11.8. The van der Waals surface area contributed by atoms with Crippen molar-refractivity contribution in [2.75, 3.05) is 0 Å². The van der Waals surface area contributed by atoms with Crippen molar-refractivity contribution in [1.82, 2.24) is 5.32 Å². The van der Waals surface area contributed by atoms with E-state index in [1.165, 1.54) is 6.07 Å². The van der Waals surface area contributed by atoms with Gasteiger partial charge in [0, 0.05) is 12.1 Å². The molecular formula is C14H12FNO. The standard InChI is InChI=1S/C14H12FNO/c15-12-3-1-2-10-8-16-14(13(10)12)9-4-6-11(17)7-5-9/h1-7,14,16-17H,8H2. The topological polar surface area (TPSA) is 32.3 Å². The van der Waals surface area contributed by atoms with Crippen molar-refractivity contribution in [1.29, 1.82) is 0 Å². The summed E-state index contributed by atoms with van der Waals surface area (Å²) in [5, 5.41) is 12.5. The van der Waals surface area contributed by atoms with E-state index in [0.29, 0.717) is 6.54 Å². The van der Waals surface area contributed by atoms with Gasteiger partial charge in [0.15, 0.2) is 0 Å². The van der Waals surface area contributed by atoms with Crippen LogP contribution in [0.4, 0.5) is 4.39 Å². The maximum absolute atomic E-state index is 13.8. The Labute approximate surface area is 98.7 Å². The van der Waals surface area contributed by atoms with Crippen LogP contribution < -0.4 is 5.32 Å². The molecule has 2 nitrogen and oxygen atoms in total. The van der Waals surface area contributed by atoms with Gasteiger partial charge in [-0.1, -0.05) is 24.3 Å². The van der Waals surface area contributed by atoms with E-state index in [1.807, 2.05) is 18.2 Å². The normalized spacial score (nSPS) is 18.1. The lowest BCUT2D eigenvalue weighted by Gasteiger charge is -2.13. The fourth-order valence-corrected chi connectivity index (χ4v) is 2.32. The minimum atomic E-state index is -0.175. The molecule has 3 rings (SSSR count). The number of benzene rings is 2. The van der Waals surface area contributed by atoms with Gasteiger partial charge < -0.3 is 10.4 Å². The molecule has 1 aliphatic heterocycles. The number of hydrogen-bond acceptors (Lipinski definition) is 2. The number of rotatable bonds is 1. The van der Waals surface area contributed by atoms with Crippen LogP contribution >= 0.6 is 0 Å². The molecule has 0 spiro atoms. The zero-order valence-corrected chi connectivity index (χ0v) is 9.15. The molecule has 0 aromatic heterocycles. The Morgan fingerprint density at radius 3 is 2.65 bits per heavy atom. The van der Waals surface area contributed by atoms with Crippen LogP contribution in [0.15, 0.2) is 42.5 Å². The van der Waals surface area contributed by atoms with Gasteiger partial charge in [0.2, 0.25) is 0 Å². The molecule has 0 radical (unpaired) electrons. The van der Waals surface area contributed by atoms with Crippen LogP contribution in [0, 0.1) is 5.82 Å². The lowest BCUT2D eigenvalue weighted by molar-refractivity contribution is 0.474. The van der Waals surface area contributed by atoms with Crippen molar-refractivity contribution in [2.24, 2.45) is 0 Å². The molecule has 1 aliphatic rings. The lowest BCUT2D eigenvalue weighted by Crippen LogP contribution is -2.13. The molecule has 0 bridgehead atoms. The molecule has 0 amide bonds. The second kappa shape index (κ2) is 3.86. The molecule has 17 heavy (non-hydrogen) atoms. The second-order valence-corrected chi connectivity index (χ2v) is 4.22. The molecule has 0 fully saturated rings. The summed E-state index contributed by atoms with van der Waals surface area (Å²) in [6.07, 6.45) is 0. The average Bonchev–Trinajstić information content (AvgIpc) is 2.75. The summed E-state index contributed by atoms with van der Waals surface area (Å²) >= 11 is 0. The number of phenolic OH excluding ortho intramolecular Hbond substituents is 1. The van der Waals surface area contributed by atoms with Crippen LogP contribution in [-0.4, -0.2) is 5.11 Å². The van der Waals surface area contributed by atoms with Gasteiger partial charge in [-0.25, -0.2) is 4.39 Å². The molecule has 0 saturated carbocycles. The van der Waals surface area contributed by atoms with Crippen molar-refractivity contribution in [3.63, 3.8) is 0 Å². The smallest absolute Gasteiger partial charge is 0.128 e. The van der Waals surface area contributed by atoms with E-state index in [0.717, 1.165) is 16.7 Å². The highest BCUT2D eigenvalue weighted by Crippen LogP contribution is 2.33. The van der Waals surface area contributed by atoms with Gasteiger partial charge in [0.05, 0.1) is 6.04 Å². The Kier molecular flexibility index (Phi) is 2.34. The summed E-state index contributed by atoms with van der Waals surface area (Å²) < 4.78 is 13.8. The number of halogens is 1. The van der Waals surface area contributed by atoms with Crippen molar-refractivity contribution in [3.05, 3.63) is 65.0 Å². The summed E-state index contributed by atoms with van der Waals surface area (Å²) in [4.78, 5) is 0. The van der Waals surface area contributed by atoms with Crippen molar-refractivity contribution in [3.8, 4) is 5.75 Å². The predicted molar refractivity (Wildman–Crippen MR) is 63.2 cm³/mol. The Morgan fingerprint density at radius 2 is 1.88 bits per heavy atom. The monoisotopic (exact) mass is 229 g/mol. The third kappa shape index (κ3) is 1.68. The number of hydrogen-bond donors (Lipinski definition) is 2. The first-order valence-electron chi connectivity index (χ1n) is 5.55. The highest BCUT2D eigenvalue weighted by molar-refractivity contribution is 5.42. The molecule has 86 valence electrons. The van der Waals surface area contributed by atoms with Crippen molar-refractivity contribution >= 4 is 0 Å². The number of phenols is 1. The number of nitrogens with one attached hydrogen (secondary N) is 1. The number of fused-ring (bicyclic) bond motifs is 1. The minimum Gasteiger partial charge on any atom is -0.508 e. The van der Waals surface area contributed by atoms with Crippen LogP contribution in [0.25, 0.3) is 0 Å². The van der Waals surface area contributed by atoms with Gasteiger partial charge >= 0.3 is 0 Å². The number of aromatic hydroxyl groups is 1. The Bertz CT molecular complexity index is 551. The van der Waals surface area contributed by atoms with Gasteiger partial charge in [0.25, 0.3) is 0 Å². The van der Waals surface area contributed by atoms with Crippen LogP contribution in [0.1, 0.15) is 22.7 Å². The molecule has 1 unspecified atom stereocenters. The lowest BCUT2D eigenvalue weighted by atomic mass is 9.98. The summed E-state index contributed by atoms with van der Waals surface area (Å²) in [7, 11) is 0. The van der Waals surface area contributed by atoms with Crippen LogP contribution in [-0.2, 0) is 6.54 Å². The minimum absolute atomic E-state index is 0.119. The summed E-state index contributed by atoms with van der Waals surface area (Å²) in [6.45, 7) is 0.679. The zero-order valence-electron chi connectivity index (χ0n) is 9.15. The van der Waals surface area contributed by atoms with E-state index < -0.39 is 0 Å². The fourth-order valence-electron chi connectivity index (χ4n) is 2.32. The maximum atomic E-state index is 13.8. The summed E-state index contributed by atoms with van der Waals surface area (Å²) in [6, 6.07) is 11.9. The Morgan fingerprint density at radius 1 is 1.12 bits per heavy atom. The quantitative estimate of drug-likeness (QED) is 0.788. The van der Waals surface area contributed by atoms with Gasteiger partial charge in [-0.05, 0) is 29.3 Å². The van der Waals surface area contributed by atoms with Crippen molar-refractivity contribution in [2.45, 2.75) is 12.6 Å². The molecular weight excluding hydrogens is 217 g/mol. The highest BCUT2D eigenvalue weighted by atomic mass is 19.1. The molecule has 1 heterocycles. The van der Waals surface area contributed by atoms with Gasteiger partial charge in [0.1, 0.15) is 11.6 Å². The molecule has 3 heteroatoms.